The minimum atomic E-state index is -0.989. The summed E-state index contributed by atoms with van der Waals surface area (Å²) in [7, 11) is 0. The van der Waals surface area contributed by atoms with E-state index in [2.05, 4.69) is 26.0 Å². The molecule has 118 valence electrons. The third kappa shape index (κ3) is 1.77. The molecule has 4 bridgehead atoms. The average Bonchev–Trinajstić information content (AvgIpc) is 2.80. The lowest BCUT2D eigenvalue weighted by atomic mass is 9.47. The molecule has 5 rings (SSSR count). The van der Waals surface area contributed by atoms with Crippen molar-refractivity contribution in [3.05, 3.63) is 14.8 Å². The zero-order chi connectivity index (χ0) is 15.7. The van der Waals surface area contributed by atoms with Crippen molar-refractivity contribution >= 4 is 27.8 Å². The maximum absolute atomic E-state index is 11.7. The fourth-order valence-electron chi connectivity index (χ4n) is 5.36. The number of carboxylic acids is 1. The van der Waals surface area contributed by atoms with Gasteiger partial charge in [0.1, 0.15) is 0 Å². The van der Waals surface area contributed by atoms with E-state index in [-0.39, 0.29) is 0 Å². The molecule has 4 aliphatic rings. The molecule has 8 nitrogen and oxygen atoms in total. The molecule has 4 saturated carbocycles. The Hall–Kier alpha value is -1.51. The summed E-state index contributed by atoms with van der Waals surface area (Å²) in [5.74, 6) is -0.814. The maximum atomic E-state index is 11.7. The summed E-state index contributed by atoms with van der Waals surface area (Å²) in [4.78, 5) is 25.9. The van der Waals surface area contributed by atoms with Crippen molar-refractivity contribution in [2.75, 3.05) is 0 Å². The number of hydrogen-bond acceptors (Lipinski definition) is 6. The van der Waals surface area contributed by atoms with E-state index in [4.69, 9.17) is 0 Å². The second-order valence-electron chi connectivity index (χ2n) is 7.10. The molecule has 4 fully saturated rings. The zero-order valence-electron chi connectivity index (χ0n) is 11.7. The lowest BCUT2D eigenvalue weighted by Gasteiger charge is -2.61. The highest BCUT2D eigenvalue weighted by molar-refractivity contribution is 9.10. The van der Waals surface area contributed by atoms with Crippen LogP contribution in [0, 0.1) is 27.4 Å². The van der Waals surface area contributed by atoms with Gasteiger partial charge in [0.2, 0.25) is 0 Å². The van der Waals surface area contributed by atoms with Crippen LogP contribution in [0.4, 0.5) is 5.95 Å². The van der Waals surface area contributed by atoms with E-state index < -0.39 is 27.8 Å². The fraction of sp³-hybridized carbons (Fsp3) is 0.769. The van der Waals surface area contributed by atoms with Gasteiger partial charge in [0.15, 0.2) is 0 Å². The second-order valence-corrected chi connectivity index (χ2v) is 7.81. The quantitative estimate of drug-likeness (QED) is 0.579. The largest absolute Gasteiger partial charge is 0.550 e. The first-order valence-electron chi connectivity index (χ1n) is 7.32. The molecule has 0 saturated heterocycles. The van der Waals surface area contributed by atoms with E-state index in [0.29, 0.717) is 35.8 Å². The Morgan fingerprint density at radius 2 is 1.95 bits per heavy atom. The van der Waals surface area contributed by atoms with E-state index in [1.807, 2.05) is 0 Å². The molecule has 0 radical (unpaired) electrons. The third-order valence-electron chi connectivity index (χ3n) is 5.63. The van der Waals surface area contributed by atoms with Crippen molar-refractivity contribution in [3.63, 3.8) is 0 Å². The van der Waals surface area contributed by atoms with E-state index in [1.54, 1.807) is 4.68 Å². The topological polar surface area (TPSA) is 114 Å². The molecule has 2 atom stereocenters. The van der Waals surface area contributed by atoms with Crippen molar-refractivity contribution in [1.82, 2.24) is 14.8 Å². The third-order valence-corrected chi connectivity index (χ3v) is 6.15. The van der Waals surface area contributed by atoms with Gasteiger partial charge in [-0.2, -0.15) is 4.68 Å². The summed E-state index contributed by atoms with van der Waals surface area (Å²) >= 11 is 3.25. The second kappa shape index (κ2) is 4.27. The molecule has 0 spiro atoms. The smallest absolute Gasteiger partial charge is 0.492 e. The monoisotopic (exact) mass is 369 g/mol. The van der Waals surface area contributed by atoms with Gasteiger partial charge in [0, 0.05) is 32.4 Å². The molecule has 0 N–H and O–H groups in total. The maximum Gasteiger partial charge on any atom is 0.492 e. The van der Waals surface area contributed by atoms with Gasteiger partial charge in [-0.25, -0.2) is 0 Å². The molecule has 1 aromatic rings. The molecule has 2 unspecified atom stereocenters. The number of carboxylic acid groups (broad SMARTS) is 1. The van der Waals surface area contributed by atoms with Crippen molar-refractivity contribution in [2.45, 2.75) is 44.1 Å². The first-order valence-corrected chi connectivity index (χ1v) is 8.12. The summed E-state index contributed by atoms with van der Waals surface area (Å²) in [6, 6.07) is 0. The number of aliphatic carboxylic acids is 1. The van der Waals surface area contributed by atoms with Gasteiger partial charge in [0.05, 0.1) is 5.54 Å². The first-order chi connectivity index (χ1) is 10.3. The highest BCUT2D eigenvalue weighted by atomic mass is 79.9. The van der Waals surface area contributed by atoms with Crippen molar-refractivity contribution in [2.24, 2.45) is 17.3 Å². The summed E-state index contributed by atoms with van der Waals surface area (Å²) in [6.45, 7) is 0. The minimum Gasteiger partial charge on any atom is -0.550 e. The standard InChI is InChI=1S/C13H15BrN4O4/c14-10-15-11(18(21)22)16-17(10)13-4-7-1-8(5-13)3-12(2-7,6-13)9(19)20/h7-8H,1-6H2,(H,19,20)/p-1. The molecular weight excluding hydrogens is 356 g/mol. The van der Waals surface area contributed by atoms with Crippen LogP contribution in [-0.2, 0) is 10.3 Å². The van der Waals surface area contributed by atoms with Crippen molar-refractivity contribution in [3.8, 4) is 0 Å². The van der Waals surface area contributed by atoms with Crippen LogP contribution in [0.1, 0.15) is 38.5 Å². The summed E-state index contributed by atoms with van der Waals surface area (Å²) in [5.41, 5.74) is -1.31. The van der Waals surface area contributed by atoms with Crippen LogP contribution in [0.2, 0.25) is 0 Å². The first kappa shape index (κ1) is 14.1. The zero-order valence-corrected chi connectivity index (χ0v) is 13.3. The number of nitrogens with zero attached hydrogens (tertiary/aromatic N) is 4. The van der Waals surface area contributed by atoms with Crippen molar-refractivity contribution in [1.29, 1.82) is 0 Å². The molecule has 1 aromatic heterocycles. The number of rotatable bonds is 3. The molecule has 9 heteroatoms. The number of carbonyl (C=O) groups excluding carboxylic acids is 1. The average molecular weight is 370 g/mol. The van der Waals surface area contributed by atoms with Gasteiger partial charge in [-0.05, 0) is 60.3 Å². The number of halogens is 1. The van der Waals surface area contributed by atoms with Gasteiger partial charge in [-0.1, -0.05) is 0 Å². The molecular formula is C13H14BrN4O4-. The number of carbonyl (C=O) groups is 1. The van der Waals surface area contributed by atoms with Crippen LogP contribution >= 0.6 is 15.9 Å². The van der Waals surface area contributed by atoms with Crippen LogP contribution in [0.5, 0.6) is 0 Å². The predicted molar refractivity (Wildman–Crippen MR) is 74.5 cm³/mol. The van der Waals surface area contributed by atoms with Gasteiger partial charge >= 0.3 is 5.95 Å². The predicted octanol–water partition coefficient (Wildman–Crippen LogP) is 0.994. The molecule has 0 aliphatic heterocycles. The molecule has 0 amide bonds. The Labute approximate surface area is 134 Å². The molecule has 1 heterocycles. The molecule has 22 heavy (non-hydrogen) atoms. The number of nitro groups is 1. The van der Waals surface area contributed by atoms with E-state index in [9.17, 15) is 20.0 Å². The van der Waals surface area contributed by atoms with Gasteiger partial charge in [-0.3, -0.25) is 0 Å². The summed E-state index contributed by atoms with van der Waals surface area (Å²) in [5, 5.41) is 26.7. The fourth-order valence-corrected chi connectivity index (χ4v) is 5.98. The highest BCUT2D eigenvalue weighted by Crippen LogP contribution is 2.64. The summed E-state index contributed by atoms with van der Waals surface area (Å²) in [6.07, 6.45) is 4.37. The Morgan fingerprint density at radius 3 is 2.45 bits per heavy atom. The van der Waals surface area contributed by atoms with Crippen LogP contribution < -0.4 is 5.11 Å². The van der Waals surface area contributed by atoms with E-state index in [1.165, 1.54) is 0 Å². The number of aromatic nitrogens is 3. The van der Waals surface area contributed by atoms with E-state index >= 15 is 0 Å². The number of hydrogen-bond donors (Lipinski definition) is 0. The lowest BCUT2D eigenvalue weighted by molar-refractivity contribution is -0.394. The van der Waals surface area contributed by atoms with Crippen LogP contribution in [0.25, 0.3) is 0 Å². The van der Waals surface area contributed by atoms with Gasteiger partial charge in [-0.15, -0.1) is 0 Å². The summed E-state index contributed by atoms with van der Waals surface area (Å²) < 4.78 is 1.86. The van der Waals surface area contributed by atoms with Crippen LogP contribution in [0.3, 0.4) is 0 Å². The van der Waals surface area contributed by atoms with Crippen LogP contribution in [0.15, 0.2) is 4.73 Å². The van der Waals surface area contributed by atoms with Crippen LogP contribution in [-0.4, -0.2) is 25.7 Å². The minimum absolute atomic E-state index is 0.301. The Balaban J connectivity index is 1.81. The van der Waals surface area contributed by atoms with E-state index in [0.717, 1.165) is 19.3 Å². The van der Waals surface area contributed by atoms with Crippen molar-refractivity contribution < 1.29 is 14.8 Å². The highest BCUT2D eigenvalue weighted by Gasteiger charge is 2.61. The Bertz CT molecular complexity index is 674. The molecule has 0 aromatic carbocycles. The SMILES string of the molecule is O=C([O-])C12CC3CC(C1)CC(n1nc([N+](=O)[O-])nc1Br)(C3)C2. The molecule has 4 aliphatic carbocycles. The lowest BCUT2D eigenvalue weighted by Crippen LogP contribution is -2.61. The Kier molecular flexibility index (Phi) is 2.74. The normalized spacial score (nSPS) is 39.1. The van der Waals surface area contributed by atoms with Gasteiger partial charge in [0.25, 0.3) is 4.73 Å². The Morgan fingerprint density at radius 1 is 1.32 bits per heavy atom. The van der Waals surface area contributed by atoms with Gasteiger partial charge < -0.3 is 20.0 Å².